The van der Waals surface area contributed by atoms with E-state index in [9.17, 15) is 14.9 Å². The fraction of sp³-hybridized carbons (Fsp3) is 0.0625. The van der Waals surface area contributed by atoms with Crippen molar-refractivity contribution in [2.24, 2.45) is 0 Å². The van der Waals surface area contributed by atoms with E-state index in [4.69, 9.17) is 4.74 Å². The van der Waals surface area contributed by atoms with Gasteiger partial charge in [0.25, 0.3) is 5.69 Å². The van der Waals surface area contributed by atoms with Gasteiger partial charge in [0, 0.05) is 12.1 Å². The molecule has 6 nitrogen and oxygen atoms in total. The number of carbonyl (C=O) groups is 1. The molecule has 1 amide bonds. The number of methoxy groups -OCH3 is 1. The number of nitro groups is 1. The van der Waals surface area contributed by atoms with Crippen molar-refractivity contribution in [3.05, 3.63) is 68.7 Å². The molecule has 0 spiro atoms. The Balaban J connectivity index is 2.11. The van der Waals surface area contributed by atoms with E-state index in [1.807, 2.05) is 0 Å². The molecule has 2 rings (SSSR count). The van der Waals surface area contributed by atoms with Crippen LogP contribution in [0.15, 0.2) is 53.0 Å². The number of benzene rings is 2. The Morgan fingerprint density at radius 3 is 2.70 bits per heavy atom. The second-order valence-corrected chi connectivity index (χ2v) is 5.35. The standard InChI is InChI=1S/C16H13BrN2O4/c1-23-15-8-6-11(10-12(15)17)7-9-16(20)18-13-4-2-3-5-14(13)19(21)22/h2-10H,1H3,(H,18,20)/b9-7+. The van der Waals surface area contributed by atoms with E-state index in [-0.39, 0.29) is 11.4 Å². The van der Waals surface area contributed by atoms with Gasteiger partial charge >= 0.3 is 0 Å². The Hall–Kier alpha value is -2.67. The highest BCUT2D eigenvalue weighted by Crippen LogP contribution is 2.26. The number of nitrogens with one attached hydrogen (secondary N) is 1. The van der Waals surface area contributed by atoms with Gasteiger partial charge in [-0.05, 0) is 45.8 Å². The molecular weight excluding hydrogens is 364 g/mol. The van der Waals surface area contributed by atoms with Gasteiger partial charge in [0.15, 0.2) is 0 Å². The topological polar surface area (TPSA) is 81.5 Å². The number of carbonyl (C=O) groups excluding carboxylic acids is 1. The summed E-state index contributed by atoms with van der Waals surface area (Å²) < 4.78 is 5.89. The first kappa shape index (κ1) is 16.7. The zero-order valence-electron chi connectivity index (χ0n) is 12.2. The maximum absolute atomic E-state index is 11.9. The predicted octanol–water partition coefficient (Wildman–Crippen LogP) is 4.02. The summed E-state index contributed by atoms with van der Waals surface area (Å²) in [7, 11) is 1.57. The molecule has 23 heavy (non-hydrogen) atoms. The van der Waals surface area contributed by atoms with Crippen LogP contribution in [0.2, 0.25) is 0 Å². The second kappa shape index (κ2) is 7.55. The first-order valence-corrected chi connectivity index (χ1v) is 7.36. The lowest BCUT2D eigenvalue weighted by atomic mass is 10.2. The largest absolute Gasteiger partial charge is 0.496 e. The number of rotatable bonds is 5. The lowest BCUT2D eigenvalue weighted by Gasteiger charge is -2.04. The Bertz CT molecular complexity index is 774. The molecule has 0 atom stereocenters. The van der Waals surface area contributed by atoms with Gasteiger partial charge in [-0.1, -0.05) is 18.2 Å². The normalized spacial score (nSPS) is 10.5. The van der Waals surface area contributed by atoms with Crippen LogP contribution in [0.5, 0.6) is 5.75 Å². The molecule has 0 aliphatic carbocycles. The molecule has 0 aromatic heterocycles. The van der Waals surface area contributed by atoms with Crippen LogP contribution in [-0.4, -0.2) is 17.9 Å². The third-order valence-corrected chi connectivity index (χ3v) is 3.58. The van der Waals surface area contributed by atoms with Crippen LogP contribution in [-0.2, 0) is 4.79 Å². The number of ether oxygens (including phenoxy) is 1. The molecule has 0 fully saturated rings. The average Bonchev–Trinajstić information content (AvgIpc) is 2.53. The summed E-state index contributed by atoms with van der Waals surface area (Å²) in [5.74, 6) is 0.234. The van der Waals surface area contributed by atoms with Crippen LogP contribution in [0.3, 0.4) is 0 Å². The Labute approximate surface area is 141 Å². The van der Waals surface area contributed by atoms with Gasteiger partial charge in [0.2, 0.25) is 5.91 Å². The smallest absolute Gasteiger partial charge is 0.292 e. The highest BCUT2D eigenvalue weighted by molar-refractivity contribution is 9.10. The number of hydrogen-bond donors (Lipinski definition) is 1. The van der Waals surface area contributed by atoms with Gasteiger partial charge < -0.3 is 10.1 Å². The lowest BCUT2D eigenvalue weighted by molar-refractivity contribution is -0.383. The number of halogens is 1. The van der Waals surface area contributed by atoms with E-state index in [0.717, 1.165) is 10.0 Å². The van der Waals surface area contributed by atoms with Gasteiger partial charge in [-0.3, -0.25) is 14.9 Å². The molecule has 0 aliphatic heterocycles. The minimum atomic E-state index is -0.542. The summed E-state index contributed by atoms with van der Waals surface area (Å²) in [6.07, 6.45) is 2.92. The predicted molar refractivity (Wildman–Crippen MR) is 91.5 cm³/mol. The molecule has 2 aromatic rings. The molecule has 0 saturated heterocycles. The van der Waals surface area contributed by atoms with Crippen molar-refractivity contribution in [3.63, 3.8) is 0 Å². The maximum atomic E-state index is 11.9. The molecule has 0 unspecified atom stereocenters. The van der Waals surface area contributed by atoms with Crippen molar-refractivity contribution in [1.29, 1.82) is 0 Å². The van der Waals surface area contributed by atoms with Crippen molar-refractivity contribution < 1.29 is 14.5 Å². The molecule has 2 aromatic carbocycles. The second-order valence-electron chi connectivity index (χ2n) is 4.49. The fourth-order valence-electron chi connectivity index (χ4n) is 1.87. The summed E-state index contributed by atoms with van der Waals surface area (Å²) in [5.41, 5.74) is 0.792. The zero-order chi connectivity index (χ0) is 16.8. The molecular formula is C16H13BrN2O4. The van der Waals surface area contributed by atoms with Crippen molar-refractivity contribution in [2.45, 2.75) is 0 Å². The quantitative estimate of drug-likeness (QED) is 0.485. The molecule has 7 heteroatoms. The highest BCUT2D eigenvalue weighted by atomic mass is 79.9. The third kappa shape index (κ3) is 4.40. The summed E-state index contributed by atoms with van der Waals surface area (Å²) in [4.78, 5) is 22.3. The zero-order valence-corrected chi connectivity index (χ0v) is 13.7. The van der Waals surface area contributed by atoms with E-state index in [2.05, 4.69) is 21.2 Å². The van der Waals surface area contributed by atoms with Crippen molar-refractivity contribution in [1.82, 2.24) is 0 Å². The van der Waals surface area contributed by atoms with Gasteiger partial charge in [-0.2, -0.15) is 0 Å². The van der Waals surface area contributed by atoms with Crippen molar-refractivity contribution in [2.75, 3.05) is 12.4 Å². The van der Waals surface area contributed by atoms with E-state index < -0.39 is 10.8 Å². The van der Waals surface area contributed by atoms with E-state index >= 15 is 0 Å². The number of nitrogens with zero attached hydrogens (tertiary/aromatic N) is 1. The average molecular weight is 377 g/mol. The minimum absolute atomic E-state index is 0.151. The van der Waals surface area contributed by atoms with Crippen LogP contribution in [0.1, 0.15) is 5.56 Å². The Kier molecular flexibility index (Phi) is 5.48. The summed E-state index contributed by atoms with van der Waals surface area (Å²) >= 11 is 3.36. The number of nitro benzene ring substituents is 1. The van der Waals surface area contributed by atoms with Gasteiger partial charge in [-0.15, -0.1) is 0 Å². The van der Waals surface area contributed by atoms with Crippen molar-refractivity contribution >= 4 is 39.3 Å². The summed E-state index contributed by atoms with van der Waals surface area (Å²) in [6.45, 7) is 0. The van der Waals surface area contributed by atoms with E-state index in [0.29, 0.717) is 5.75 Å². The number of anilines is 1. The lowest BCUT2D eigenvalue weighted by Crippen LogP contribution is -2.09. The van der Waals surface area contributed by atoms with Crippen LogP contribution in [0, 0.1) is 10.1 Å². The Morgan fingerprint density at radius 1 is 1.30 bits per heavy atom. The molecule has 0 aliphatic rings. The molecule has 0 radical (unpaired) electrons. The maximum Gasteiger partial charge on any atom is 0.292 e. The van der Waals surface area contributed by atoms with Crippen LogP contribution >= 0.6 is 15.9 Å². The molecule has 0 saturated carbocycles. The van der Waals surface area contributed by atoms with Crippen molar-refractivity contribution in [3.8, 4) is 5.75 Å². The van der Waals surface area contributed by atoms with Crippen LogP contribution in [0.4, 0.5) is 11.4 Å². The molecule has 118 valence electrons. The molecule has 0 bridgehead atoms. The highest BCUT2D eigenvalue weighted by Gasteiger charge is 2.13. The fourth-order valence-corrected chi connectivity index (χ4v) is 2.43. The minimum Gasteiger partial charge on any atom is -0.496 e. The molecule has 0 heterocycles. The number of hydrogen-bond acceptors (Lipinski definition) is 4. The van der Waals surface area contributed by atoms with E-state index in [1.54, 1.807) is 43.5 Å². The third-order valence-electron chi connectivity index (χ3n) is 2.96. The van der Waals surface area contributed by atoms with Crippen LogP contribution < -0.4 is 10.1 Å². The summed E-state index contributed by atoms with van der Waals surface area (Å²) in [6, 6.07) is 11.3. The Morgan fingerprint density at radius 2 is 2.04 bits per heavy atom. The van der Waals surface area contributed by atoms with Gasteiger partial charge in [0.1, 0.15) is 11.4 Å². The van der Waals surface area contributed by atoms with Gasteiger partial charge in [-0.25, -0.2) is 0 Å². The SMILES string of the molecule is COc1ccc(/C=C/C(=O)Nc2ccccc2[N+](=O)[O-])cc1Br. The number of amides is 1. The first-order valence-electron chi connectivity index (χ1n) is 6.57. The monoisotopic (exact) mass is 376 g/mol. The summed E-state index contributed by atoms with van der Waals surface area (Å²) in [5, 5.41) is 13.4. The number of para-hydroxylation sites is 2. The van der Waals surface area contributed by atoms with E-state index in [1.165, 1.54) is 18.2 Å². The van der Waals surface area contributed by atoms with Gasteiger partial charge in [0.05, 0.1) is 16.5 Å². The van der Waals surface area contributed by atoms with Crippen LogP contribution in [0.25, 0.3) is 6.08 Å². The first-order chi connectivity index (χ1) is 11.0. The molecule has 1 N–H and O–H groups in total.